The summed E-state index contributed by atoms with van der Waals surface area (Å²) in [5, 5.41) is 3.83. The molecule has 0 amide bonds. The number of nitrogens with zero attached hydrogens (tertiary/aromatic N) is 3. The van der Waals surface area contributed by atoms with E-state index in [4.69, 9.17) is 24.5 Å². The van der Waals surface area contributed by atoms with Gasteiger partial charge >= 0.3 is 0 Å². The first-order chi connectivity index (χ1) is 10.3. The first-order valence-electron chi connectivity index (χ1n) is 7.86. The summed E-state index contributed by atoms with van der Waals surface area (Å²) in [5.41, 5.74) is 8.79. The van der Waals surface area contributed by atoms with Crippen LogP contribution in [0.1, 0.15) is 39.5 Å². The first kappa shape index (κ1) is 16.5. The molecule has 2 bridgehead atoms. The standard InChI is InChI=1S/C14H25N3O4/c1-3-5-7-18-12-10-9-20-14(21-10)11(16-17-15)13(12)19-8-6-4-2/h10-14H,3-9H2,1-2H3/t10-,11-,12-,13-,14?/m1/s1. The van der Waals surface area contributed by atoms with Crippen molar-refractivity contribution in [2.24, 2.45) is 5.11 Å². The van der Waals surface area contributed by atoms with Gasteiger partial charge in [-0.25, -0.2) is 0 Å². The average Bonchev–Trinajstić information content (AvgIpc) is 2.92. The number of hydrogen-bond donors (Lipinski definition) is 0. The quantitative estimate of drug-likeness (QED) is 0.283. The molecule has 0 aromatic heterocycles. The highest BCUT2D eigenvalue weighted by molar-refractivity contribution is 4.99. The Labute approximate surface area is 125 Å². The van der Waals surface area contributed by atoms with Crippen LogP contribution in [0.25, 0.3) is 10.4 Å². The van der Waals surface area contributed by atoms with E-state index >= 15 is 0 Å². The van der Waals surface area contributed by atoms with Crippen LogP contribution in [0, 0.1) is 0 Å². The molecule has 2 rings (SSSR count). The lowest BCUT2D eigenvalue weighted by atomic mass is 9.99. The Morgan fingerprint density at radius 3 is 2.43 bits per heavy atom. The minimum absolute atomic E-state index is 0.136. The van der Waals surface area contributed by atoms with Crippen molar-refractivity contribution in [2.75, 3.05) is 19.8 Å². The van der Waals surface area contributed by atoms with Crippen LogP contribution in [0.4, 0.5) is 0 Å². The minimum Gasteiger partial charge on any atom is -0.375 e. The Balaban J connectivity index is 2.05. The van der Waals surface area contributed by atoms with E-state index < -0.39 is 12.3 Å². The molecule has 0 spiro atoms. The minimum atomic E-state index is -0.511. The molecule has 2 heterocycles. The van der Waals surface area contributed by atoms with Crippen LogP contribution >= 0.6 is 0 Å². The maximum absolute atomic E-state index is 8.79. The molecule has 5 atom stereocenters. The summed E-state index contributed by atoms with van der Waals surface area (Å²) in [6.45, 7) is 5.98. The molecule has 0 aliphatic carbocycles. The van der Waals surface area contributed by atoms with Gasteiger partial charge < -0.3 is 18.9 Å². The smallest absolute Gasteiger partial charge is 0.169 e. The van der Waals surface area contributed by atoms with Gasteiger partial charge in [0.2, 0.25) is 0 Å². The van der Waals surface area contributed by atoms with E-state index in [1.165, 1.54) is 0 Å². The van der Waals surface area contributed by atoms with Gasteiger partial charge in [0.15, 0.2) is 6.29 Å². The molecule has 0 N–H and O–H groups in total. The van der Waals surface area contributed by atoms with E-state index in [0.29, 0.717) is 19.8 Å². The van der Waals surface area contributed by atoms with Crippen LogP contribution in [0.3, 0.4) is 0 Å². The summed E-state index contributed by atoms with van der Waals surface area (Å²) < 4.78 is 23.2. The third-order valence-electron chi connectivity index (χ3n) is 3.84. The van der Waals surface area contributed by atoms with Crippen LogP contribution in [0.5, 0.6) is 0 Å². The highest BCUT2D eigenvalue weighted by Crippen LogP contribution is 2.34. The van der Waals surface area contributed by atoms with Crippen molar-refractivity contribution in [3.63, 3.8) is 0 Å². The van der Waals surface area contributed by atoms with Gasteiger partial charge in [0.1, 0.15) is 18.2 Å². The third kappa shape index (κ3) is 4.08. The fourth-order valence-electron chi connectivity index (χ4n) is 2.66. The van der Waals surface area contributed by atoms with Crippen molar-refractivity contribution in [3.05, 3.63) is 10.4 Å². The molecule has 0 aromatic rings. The molecule has 2 aliphatic rings. The third-order valence-corrected chi connectivity index (χ3v) is 3.84. The molecule has 0 radical (unpaired) electrons. The van der Waals surface area contributed by atoms with E-state index in [1.54, 1.807) is 0 Å². The summed E-state index contributed by atoms with van der Waals surface area (Å²) >= 11 is 0. The van der Waals surface area contributed by atoms with Crippen molar-refractivity contribution < 1.29 is 18.9 Å². The molecule has 120 valence electrons. The van der Waals surface area contributed by atoms with Crippen LogP contribution in [-0.4, -0.2) is 50.5 Å². The van der Waals surface area contributed by atoms with Crippen molar-refractivity contribution in [3.8, 4) is 0 Å². The molecule has 2 aliphatic heterocycles. The normalized spacial score (nSPS) is 34.7. The second-order valence-electron chi connectivity index (χ2n) is 5.45. The number of unbranched alkanes of at least 4 members (excludes halogenated alkanes) is 2. The molecule has 1 unspecified atom stereocenters. The lowest BCUT2D eigenvalue weighted by Crippen LogP contribution is -2.55. The molecule has 21 heavy (non-hydrogen) atoms. The molecular weight excluding hydrogens is 274 g/mol. The highest BCUT2D eigenvalue weighted by atomic mass is 16.7. The lowest BCUT2D eigenvalue weighted by Gasteiger charge is -2.38. The monoisotopic (exact) mass is 299 g/mol. The SMILES string of the molecule is CCCCO[C@H]1[C@H](OCCCC)[C@@H](N=[N+]=[N-])C2OC[C@H]1O2. The Kier molecular flexibility index (Phi) is 6.73. The summed E-state index contributed by atoms with van der Waals surface area (Å²) in [4.78, 5) is 2.91. The van der Waals surface area contributed by atoms with Gasteiger partial charge in [0, 0.05) is 18.1 Å². The molecule has 2 saturated heterocycles. The fraction of sp³-hybridized carbons (Fsp3) is 1.00. The molecule has 0 saturated carbocycles. The topological polar surface area (TPSA) is 85.7 Å². The maximum Gasteiger partial charge on any atom is 0.169 e. The van der Waals surface area contributed by atoms with Gasteiger partial charge in [-0.1, -0.05) is 31.8 Å². The van der Waals surface area contributed by atoms with Gasteiger partial charge in [-0.2, -0.15) is 0 Å². The number of azide groups is 1. The van der Waals surface area contributed by atoms with E-state index in [9.17, 15) is 0 Å². The van der Waals surface area contributed by atoms with E-state index in [-0.39, 0.29) is 18.3 Å². The number of fused-ring (bicyclic) bond motifs is 2. The molecule has 7 nitrogen and oxygen atoms in total. The van der Waals surface area contributed by atoms with Gasteiger partial charge in [-0.3, -0.25) is 0 Å². The highest BCUT2D eigenvalue weighted by Gasteiger charge is 2.51. The summed E-state index contributed by atoms with van der Waals surface area (Å²) in [6, 6.07) is -0.489. The Morgan fingerprint density at radius 2 is 1.81 bits per heavy atom. The predicted molar refractivity (Wildman–Crippen MR) is 76.8 cm³/mol. The van der Waals surface area contributed by atoms with E-state index in [1.807, 2.05) is 0 Å². The van der Waals surface area contributed by atoms with Gasteiger partial charge in [0.25, 0.3) is 0 Å². The number of rotatable bonds is 9. The predicted octanol–water partition coefficient (Wildman–Crippen LogP) is 2.79. The molecule has 2 fully saturated rings. The van der Waals surface area contributed by atoms with Crippen LogP contribution in [-0.2, 0) is 18.9 Å². The Morgan fingerprint density at radius 1 is 1.14 bits per heavy atom. The maximum atomic E-state index is 8.79. The zero-order valence-corrected chi connectivity index (χ0v) is 12.8. The van der Waals surface area contributed by atoms with Crippen LogP contribution in [0.15, 0.2) is 5.11 Å². The van der Waals surface area contributed by atoms with Gasteiger partial charge in [-0.15, -0.1) is 0 Å². The Hall–Kier alpha value is -0.850. The van der Waals surface area contributed by atoms with Crippen molar-refractivity contribution in [1.82, 2.24) is 0 Å². The van der Waals surface area contributed by atoms with E-state index in [0.717, 1.165) is 25.7 Å². The van der Waals surface area contributed by atoms with Crippen molar-refractivity contribution in [2.45, 2.75) is 70.2 Å². The molecule has 7 heteroatoms. The van der Waals surface area contributed by atoms with Crippen LogP contribution in [0.2, 0.25) is 0 Å². The van der Waals surface area contributed by atoms with Crippen LogP contribution < -0.4 is 0 Å². The zero-order chi connectivity index (χ0) is 15.1. The zero-order valence-electron chi connectivity index (χ0n) is 12.8. The second-order valence-corrected chi connectivity index (χ2v) is 5.45. The van der Waals surface area contributed by atoms with Crippen molar-refractivity contribution >= 4 is 0 Å². The van der Waals surface area contributed by atoms with Gasteiger partial charge in [0.05, 0.1) is 12.7 Å². The average molecular weight is 299 g/mol. The lowest BCUT2D eigenvalue weighted by molar-refractivity contribution is -0.206. The fourth-order valence-corrected chi connectivity index (χ4v) is 2.66. The number of hydrogen-bond acceptors (Lipinski definition) is 5. The molecule has 0 aromatic carbocycles. The summed E-state index contributed by atoms with van der Waals surface area (Å²) in [5.74, 6) is 0. The first-order valence-corrected chi connectivity index (χ1v) is 7.86. The summed E-state index contributed by atoms with van der Waals surface area (Å²) in [7, 11) is 0. The van der Waals surface area contributed by atoms with E-state index in [2.05, 4.69) is 23.9 Å². The number of ether oxygens (including phenoxy) is 4. The van der Waals surface area contributed by atoms with Crippen molar-refractivity contribution in [1.29, 1.82) is 0 Å². The Bertz CT molecular complexity index is 362. The summed E-state index contributed by atoms with van der Waals surface area (Å²) in [6.07, 6.45) is 2.91. The second kappa shape index (κ2) is 8.56. The molecular formula is C14H25N3O4. The van der Waals surface area contributed by atoms with Gasteiger partial charge in [-0.05, 0) is 18.4 Å². The largest absolute Gasteiger partial charge is 0.375 e.